The number of aromatic nitrogens is 3. The second-order valence-electron chi connectivity index (χ2n) is 5.95. The number of aliphatic hydroxyl groups excluding tert-OH is 5. The van der Waals surface area contributed by atoms with Crippen LogP contribution in [0, 0.1) is 13.3 Å². The van der Waals surface area contributed by atoms with E-state index < -0.39 is 48.5 Å². The lowest BCUT2D eigenvalue weighted by atomic mass is 9.83. The minimum atomic E-state index is -1.70. The average Bonchev–Trinajstić information content (AvgIpc) is 3.06. The summed E-state index contributed by atoms with van der Waals surface area (Å²) >= 11 is 1.44. The molecule has 11 nitrogen and oxygen atoms in total. The van der Waals surface area contributed by atoms with Crippen LogP contribution in [0.1, 0.15) is 6.04 Å². The summed E-state index contributed by atoms with van der Waals surface area (Å²) in [7, 11) is 0. The summed E-state index contributed by atoms with van der Waals surface area (Å²) in [6.45, 7) is 3.57. The van der Waals surface area contributed by atoms with Crippen LogP contribution in [0.3, 0.4) is 0 Å². The average molecular weight is 389 g/mol. The van der Waals surface area contributed by atoms with Crippen molar-refractivity contribution in [1.29, 1.82) is 0 Å². The zero-order chi connectivity index (χ0) is 19.4. The number of thioether (sulfide) groups is 1. The Morgan fingerprint density at radius 3 is 2.42 bits per heavy atom. The Kier molecular flexibility index (Phi) is 7.34. The van der Waals surface area contributed by atoms with Crippen molar-refractivity contribution in [3.05, 3.63) is 19.5 Å². The fourth-order valence-electron chi connectivity index (χ4n) is 2.58. The highest BCUT2D eigenvalue weighted by Crippen LogP contribution is 2.30. The summed E-state index contributed by atoms with van der Waals surface area (Å²) in [5, 5.41) is 59.1. The van der Waals surface area contributed by atoms with Gasteiger partial charge in [0.1, 0.15) is 36.6 Å². The summed E-state index contributed by atoms with van der Waals surface area (Å²) in [6.07, 6.45) is -5.37. The van der Waals surface area contributed by atoms with Crippen molar-refractivity contribution in [3.8, 4) is 0 Å². The van der Waals surface area contributed by atoms with Crippen molar-refractivity contribution >= 4 is 23.5 Å². The molecule has 7 atom stereocenters. The highest BCUT2D eigenvalue weighted by atomic mass is 32.2. The summed E-state index contributed by atoms with van der Waals surface area (Å²) in [4.78, 5) is 12.0. The first-order chi connectivity index (χ1) is 12.3. The van der Waals surface area contributed by atoms with Crippen molar-refractivity contribution in [2.75, 3.05) is 16.8 Å². The molecule has 26 heavy (non-hydrogen) atoms. The van der Waals surface area contributed by atoms with Crippen molar-refractivity contribution in [2.45, 2.75) is 42.6 Å². The van der Waals surface area contributed by atoms with E-state index in [0.717, 1.165) is 4.68 Å². The van der Waals surface area contributed by atoms with Crippen LogP contribution in [-0.4, -0.2) is 94.5 Å². The van der Waals surface area contributed by atoms with Gasteiger partial charge in [-0.3, -0.25) is 4.79 Å². The van der Waals surface area contributed by atoms with E-state index in [-0.39, 0.29) is 5.82 Å². The number of carbonyl (C=O) groups excluding carboxylic acids is 1. The molecule has 12 heteroatoms. The number of hydrogen-bond acceptors (Lipinski definition) is 10. The smallest absolute Gasteiger partial charge is 0.243 e. The van der Waals surface area contributed by atoms with E-state index in [1.807, 2.05) is 0 Å². The Hall–Kier alpha value is -1.28. The number of aliphatic hydroxyl groups is 5. The zero-order valence-corrected chi connectivity index (χ0v) is 14.6. The Morgan fingerprint density at radius 1 is 1.27 bits per heavy atom. The lowest BCUT2D eigenvalue weighted by Crippen LogP contribution is -2.61. The van der Waals surface area contributed by atoms with Gasteiger partial charge in [-0.2, -0.15) is 11.8 Å². The first-order valence-electron chi connectivity index (χ1n) is 7.85. The Balaban J connectivity index is 2.03. The van der Waals surface area contributed by atoms with E-state index >= 15 is 0 Å². The first-order valence-corrected chi connectivity index (χ1v) is 9.00. The van der Waals surface area contributed by atoms with E-state index in [0.29, 0.717) is 11.5 Å². The SMILES string of the molecule is [CH2][CH]CSC[C@@H](N)C(=O)Nc1cn([C@@H]2[C@H](O)[C@H](O)[C@@H](O)[C@H](O)[C@H]2O)nn1. The Morgan fingerprint density at radius 2 is 1.85 bits per heavy atom. The van der Waals surface area contributed by atoms with Gasteiger partial charge in [0, 0.05) is 5.75 Å². The van der Waals surface area contributed by atoms with Crippen LogP contribution in [0.15, 0.2) is 6.20 Å². The van der Waals surface area contributed by atoms with E-state index in [4.69, 9.17) is 5.73 Å². The van der Waals surface area contributed by atoms with Crippen molar-refractivity contribution in [2.24, 2.45) is 5.73 Å². The maximum atomic E-state index is 12.0. The Labute approximate surface area is 154 Å². The second kappa shape index (κ2) is 9.08. The first kappa shape index (κ1) is 21.0. The molecule has 146 valence electrons. The quantitative estimate of drug-likeness (QED) is 0.232. The van der Waals surface area contributed by atoms with Crippen LogP contribution in [-0.2, 0) is 4.79 Å². The molecule has 0 bridgehead atoms. The highest BCUT2D eigenvalue weighted by Gasteiger charge is 2.49. The summed E-state index contributed by atoms with van der Waals surface area (Å²) in [6, 6.07) is -2.05. The number of carbonyl (C=O) groups is 1. The molecule has 0 spiro atoms. The molecule has 1 saturated carbocycles. The molecule has 0 aliphatic heterocycles. The number of anilines is 1. The van der Waals surface area contributed by atoms with Gasteiger partial charge in [-0.25, -0.2) is 4.68 Å². The predicted molar refractivity (Wildman–Crippen MR) is 92.7 cm³/mol. The van der Waals surface area contributed by atoms with Gasteiger partial charge >= 0.3 is 0 Å². The van der Waals surface area contributed by atoms with Gasteiger partial charge in [0.25, 0.3) is 0 Å². The molecule has 0 aromatic carbocycles. The molecule has 0 unspecified atom stereocenters. The predicted octanol–water partition coefficient (Wildman–Crippen LogP) is -3.33. The van der Waals surface area contributed by atoms with Gasteiger partial charge in [-0.15, -0.1) is 5.10 Å². The maximum absolute atomic E-state index is 12.0. The fourth-order valence-corrected chi connectivity index (χ4v) is 3.29. The summed E-state index contributed by atoms with van der Waals surface area (Å²) in [5.74, 6) is 0.565. The molecule has 1 heterocycles. The zero-order valence-electron chi connectivity index (χ0n) is 13.8. The molecule has 8 N–H and O–H groups in total. The molecule has 1 aliphatic carbocycles. The van der Waals surface area contributed by atoms with Gasteiger partial charge in [-0.1, -0.05) is 5.21 Å². The normalized spacial score (nSPS) is 33.0. The summed E-state index contributed by atoms with van der Waals surface area (Å²) in [5.41, 5.74) is 5.76. The van der Waals surface area contributed by atoms with Gasteiger partial charge < -0.3 is 36.6 Å². The third-order valence-electron chi connectivity index (χ3n) is 4.04. The molecule has 0 saturated heterocycles. The summed E-state index contributed by atoms with van der Waals surface area (Å²) < 4.78 is 1.00. The van der Waals surface area contributed by atoms with Crippen molar-refractivity contribution in [1.82, 2.24) is 15.0 Å². The van der Waals surface area contributed by atoms with Gasteiger partial charge in [-0.05, 0) is 19.1 Å². The van der Waals surface area contributed by atoms with Crippen LogP contribution in [0.2, 0.25) is 0 Å². The number of nitrogens with zero attached hydrogens (tertiary/aromatic N) is 3. The molecule has 1 aliphatic rings. The lowest BCUT2D eigenvalue weighted by Gasteiger charge is -2.41. The minimum absolute atomic E-state index is 0.0219. The van der Waals surface area contributed by atoms with Crippen LogP contribution >= 0.6 is 11.8 Å². The molecule has 1 fully saturated rings. The monoisotopic (exact) mass is 389 g/mol. The fraction of sp³-hybridized carbons (Fsp3) is 0.643. The van der Waals surface area contributed by atoms with E-state index in [2.05, 4.69) is 22.6 Å². The second-order valence-corrected chi connectivity index (χ2v) is 7.02. The third kappa shape index (κ3) is 4.52. The van der Waals surface area contributed by atoms with Crippen LogP contribution in [0.25, 0.3) is 0 Å². The standard InChI is InChI=1S/C14H23N5O6S/c1-2-3-26-5-6(15)14(25)16-7-4-19(18-17-7)8-9(20)11(22)13(24)12(23)10(8)21/h2,4,6,8-13,20-24H,1,3,5,15H2,(H,16,25)/t6-,8-,9+,10+,11+,12-,13-/m1/s1. The number of nitrogens with one attached hydrogen (secondary N) is 1. The number of amides is 1. The third-order valence-corrected chi connectivity index (χ3v) is 5.10. The number of hydrogen-bond donors (Lipinski definition) is 7. The van der Waals surface area contributed by atoms with Crippen LogP contribution in [0.5, 0.6) is 0 Å². The lowest BCUT2D eigenvalue weighted by molar-refractivity contribution is -0.200. The van der Waals surface area contributed by atoms with Crippen LogP contribution in [0.4, 0.5) is 5.82 Å². The number of nitrogens with two attached hydrogens (primary N) is 1. The topological polar surface area (TPSA) is 187 Å². The minimum Gasteiger partial charge on any atom is -0.388 e. The van der Waals surface area contributed by atoms with Gasteiger partial charge in [0.2, 0.25) is 5.91 Å². The highest BCUT2D eigenvalue weighted by molar-refractivity contribution is 7.99. The van der Waals surface area contributed by atoms with E-state index in [1.165, 1.54) is 18.0 Å². The van der Waals surface area contributed by atoms with Crippen molar-refractivity contribution < 1.29 is 30.3 Å². The Bertz CT molecular complexity index is 588. The van der Waals surface area contributed by atoms with Gasteiger partial charge in [0.15, 0.2) is 5.82 Å². The largest absolute Gasteiger partial charge is 0.388 e. The molecule has 1 aromatic heterocycles. The van der Waals surface area contributed by atoms with Crippen molar-refractivity contribution in [3.63, 3.8) is 0 Å². The molecular formula is C14H23N5O6S. The maximum Gasteiger partial charge on any atom is 0.243 e. The molecule has 1 aromatic rings. The molecule has 2 radical (unpaired) electrons. The molecule has 2 rings (SSSR count). The molecular weight excluding hydrogens is 366 g/mol. The number of rotatable bonds is 7. The van der Waals surface area contributed by atoms with E-state index in [1.54, 1.807) is 6.42 Å². The van der Waals surface area contributed by atoms with E-state index in [9.17, 15) is 30.3 Å². The van der Waals surface area contributed by atoms with Gasteiger partial charge in [0.05, 0.1) is 12.2 Å². The molecule has 1 amide bonds. The van der Waals surface area contributed by atoms with Crippen LogP contribution < -0.4 is 11.1 Å².